The average Bonchev–Trinajstić information content (AvgIpc) is 2.74. The van der Waals surface area contributed by atoms with E-state index in [-0.39, 0.29) is 5.41 Å². The fraction of sp³-hybridized carbons (Fsp3) is 0.273. The van der Waals surface area contributed by atoms with E-state index in [1.165, 1.54) is 31.4 Å². The predicted octanol–water partition coefficient (Wildman–Crippen LogP) is 6.86. The van der Waals surface area contributed by atoms with E-state index in [9.17, 15) is 0 Å². The molecule has 0 aliphatic heterocycles. The third-order valence-corrected chi connectivity index (χ3v) is 5.76. The van der Waals surface area contributed by atoms with Gasteiger partial charge in [-0.25, -0.2) is 0 Å². The molecule has 2 aliphatic rings. The molecule has 118 valence electrons. The minimum Gasteiger partial charge on any atom is -0.0909 e. The molecule has 0 fully saturated rings. The lowest BCUT2D eigenvalue weighted by Gasteiger charge is -2.26. The van der Waals surface area contributed by atoms with Gasteiger partial charge in [0.15, 0.2) is 0 Å². The maximum Gasteiger partial charge on any atom is 0.0130 e. The van der Waals surface area contributed by atoms with Gasteiger partial charge in [0.05, 0.1) is 0 Å². The highest BCUT2D eigenvalue weighted by Gasteiger charge is 2.38. The van der Waals surface area contributed by atoms with Crippen molar-refractivity contribution in [2.75, 3.05) is 0 Å². The van der Waals surface area contributed by atoms with Crippen LogP contribution in [-0.2, 0) is 0 Å². The summed E-state index contributed by atoms with van der Waals surface area (Å²) in [6.07, 6.45) is 11.4. The van der Waals surface area contributed by atoms with Crippen molar-refractivity contribution in [3.05, 3.63) is 86.6 Å². The first-order valence-electron chi connectivity index (χ1n) is 8.19. The standard InChI is InChI=1S/C22H23I/c1-5-16(17-10-12-18(23)13-11-17)14-21-15(2)19-8-6-7-9-20(19)22(21,3)4/h5-6,8,10-14H,2,7,9H2,1,3-4H3/b16-5+,21-14+. The molecular formula is C22H23I. The first-order valence-corrected chi connectivity index (χ1v) is 9.27. The third-order valence-electron chi connectivity index (χ3n) is 5.04. The number of hydrogen-bond acceptors (Lipinski definition) is 0. The lowest BCUT2D eigenvalue weighted by Crippen LogP contribution is -2.14. The summed E-state index contributed by atoms with van der Waals surface area (Å²) in [4.78, 5) is 0. The maximum absolute atomic E-state index is 4.40. The Balaban J connectivity index is 2.03. The van der Waals surface area contributed by atoms with E-state index in [0.717, 1.165) is 12.8 Å². The summed E-state index contributed by atoms with van der Waals surface area (Å²) < 4.78 is 1.27. The van der Waals surface area contributed by atoms with Crippen molar-refractivity contribution in [1.29, 1.82) is 0 Å². The van der Waals surface area contributed by atoms with Gasteiger partial charge in [-0.2, -0.15) is 0 Å². The highest BCUT2D eigenvalue weighted by Crippen LogP contribution is 2.53. The lowest BCUT2D eigenvalue weighted by atomic mass is 9.78. The summed E-state index contributed by atoms with van der Waals surface area (Å²) >= 11 is 2.35. The second-order valence-corrected chi connectivity index (χ2v) is 7.99. The van der Waals surface area contributed by atoms with E-state index in [0.29, 0.717) is 0 Å². The Kier molecular flexibility index (Phi) is 4.50. The van der Waals surface area contributed by atoms with E-state index in [1.54, 1.807) is 5.57 Å². The van der Waals surface area contributed by atoms with Gasteiger partial charge in [-0.15, -0.1) is 0 Å². The van der Waals surface area contributed by atoms with Crippen molar-refractivity contribution in [2.45, 2.75) is 33.6 Å². The molecule has 1 aromatic carbocycles. The molecule has 0 aromatic heterocycles. The molecule has 3 rings (SSSR count). The van der Waals surface area contributed by atoms with Crippen LogP contribution in [0.25, 0.3) is 5.57 Å². The number of hydrogen-bond donors (Lipinski definition) is 0. The van der Waals surface area contributed by atoms with Gasteiger partial charge in [0.2, 0.25) is 0 Å². The quantitative estimate of drug-likeness (QED) is 0.464. The molecular weight excluding hydrogens is 391 g/mol. The van der Waals surface area contributed by atoms with Crippen LogP contribution in [0.4, 0.5) is 0 Å². The highest BCUT2D eigenvalue weighted by atomic mass is 127. The summed E-state index contributed by atoms with van der Waals surface area (Å²) in [6.45, 7) is 11.2. The van der Waals surface area contributed by atoms with Gasteiger partial charge in [0, 0.05) is 8.99 Å². The molecule has 0 radical (unpaired) electrons. The predicted molar refractivity (Wildman–Crippen MR) is 109 cm³/mol. The molecule has 2 aliphatic carbocycles. The number of rotatable bonds is 2. The molecule has 0 N–H and O–H groups in total. The molecule has 1 heteroatoms. The summed E-state index contributed by atoms with van der Waals surface area (Å²) in [5.74, 6) is 0. The molecule has 0 spiro atoms. The van der Waals surface area contributed by atoms with Crippen molar-refractivity contribution in [1.82, 2.24) is 0 Å². The minimum atomic E-state index is 0.0780. The minimum absolute atomic E-state index is 0.0780. The van der Waals surface area contributed by atoms with Gasteiger partial charge in [-0.1, -0.05) is 62.4 Å². The molecule has 0 bridgehead atoms. The number of benzene rings is 1. The third kappa shape index (κ3) is 2.91. The molecule has 0 nitrogen and oxygen atoms in total. The van der Waals surface area contributed by atoms with Crippen LogP contribution in [0, 0.1) is 8.99 Å². The molecule has 23 heavy (non-hydrogen) atoms. The van der Waals surface area contributed by atoms with Gasteiger partial charge in [-0.3, -0.25) is 0 Å². The topological polar surface area (TPSA) is 0 Å². The van der Waals surface area contributed by atoms with Crippen LogP contribution in [0.15, 0.2) is 77.4 Å². The molecule has 0 saturated heterocycles. The maximum atomic E-state index is 4.40. The SMILES string of the molecule is C=C1C2=C(CCC=C2)C(C)(C)/C1=C/C(=C\C)c1ccc(I)cc1. The Hall–Kier alpha value is -1.35. The van der Waals surface area contributed by atoms with Crippen molar-refractivity contribution < 1.29 is 0 Å². The van der Waals surface area contributed by atoms with Crippen LogP contribution in [0.2, 0.25) is 0 Å². The average molecular weight is 414 g/mol. The Morgan fingerprint density at radius 2 is 1.91 bits per heavy atom. The largest absolute Gasteiger partial charge is 0.0909 e. The van der Waals surface area contributed by atoms with E-state index >= 15 is 0 Å². The van der Waals surface area contributed by atoms with E-state index in [2.05, 4.69) is 98.5 Å². The first kappa shape index (κ1) is 16.5. The molecule has 0 saturated carbocycles. The summed E-state index contributed by atoms with van der Waals surface area (Å²) in [5.41, 5.74) is 8.10. The summed E-state index contributed by atoms with van der Waals surface area (Å²) in [7, 11) is 0. The smallest absolute Gasteiger partial charge is 0.0130 e. The lowest BCUT2D eigenvalue weighted by molar-refractivity contribution is 0.539. The van der Waals surface area contributed by atoms with Gasteiger partial charge in [0.1, 0.15) is 0 Å². The van der Waals surface area contributed by atoms with Crippen LogP contribution >= 0.6 is 22.6 Å². The molecule has 0 unspecified atom stereocenters. The zero-order valence-electron chi connectivity index (χ0n) is 14.1. The van der Waals surface area contributed by atoms with Crippen LogP contribution < -0.4 is 0 Å². The number of allylic oxidation sites excluding steroid dienone is 9. The Labute approximate surface area is 153 Å². The van der Waals surface area contributed by atoms with Crippen molar-refractivity contribution in [3.63, 3.8) is 0 Å². The Morgan fingerprint density at radius 1 is 1.22 bits per heavy atom. The highest BCUT2D eigenvalue weighted by molar-refractivity contribution is 14.1. The van der Waals surface area contributed by atoms with Gasteiger partial charge >= 0.3 is 0 Å². The van der Waals surface area contributed by atoms with E-state index in [4.69, 9.17) is 0 Å². The zero-order valence-corrected chi connectivity index (χ0v) is 16.3. The van der Waals surface area contributed by atoms with Gasteiger partial charge in [0.25, 0.3) is 0 Å². The van der Waals surface area contributed by atoms with E-state index in [1.807, 2.05) is 0 Å². The fourth-order valence-electron chi connectivity index (χ4n) is 3.68. The fourth-order valence-corrected chi connectivity index (χ4v) is 4.04. The normalized spacial score (nSPS) is 22.0. The van der Waals surface area contributed by atoms with Crippen LogP contribution in [0.3, 0.4) is 0 Å². The van der Waals surface area contributed by atoms with Crippen molar-refractivity contribution in [2.24, 2.45) is 5.41 Å². The summed E-state index contributed by atoms with van der Waals surface area (Å²) in [5, 5.41) is 0. The molecule has 0 amide bonds. The molecule has 0 heterocycles. The van der Waals surface area contributed by atoms with Crippen molar-refractivity contribution >= 4 is 28.2 Å². The second kappa shape index (κ2) is 6.27. The van der Waals surface area contributed by atoms with E-state index < -0.39 is 0 Å². The van der Waals surface area contributed by atoms with Gasteiger partial charge < -0.3 is 0 Å². The van der Waals surface area contributed by atoms with Crippen molar-refractivity contribution in [3.8, 4) is 0 Å². The van der Waals surface area contributed by atoms with Crippen LogP contribution in [-0.4, -0.2) is 0 Å². The molecule has 0 atom stereocenters. The van der Waals surface area contributed by atoms with Crippen LogP contribution in [0.5, 0.6) is 0 Å². The Morgan fingerprint density at radius 3 is 2.52 bits per heavy atom. The zero-order chi connectivity index (χ0) is 16.6. The monoisotopic (exact) mass is 414 g/mol. The number of halogens is 1. The second-order valence-electron chi connectivity index (χ2n) is 6.75. The summed E-state index contributed by atoms with van der Waals surface area (Å²) in [6, 6.07) is 8.73. The van der Waals surface area contributed by atoms with Crippen LogP contribution in [0.1, 0.15) is 39.2 Å². The Bertz CT molecular complexity index is 765. The van der Waals surface area contributed by atoms with Gasteiger partial charge in [-0.05, 0) is 82.3 Å². The molecule has 1 aromatic rings. The first-order chi connectivity index (χ1) is 10.9.